The van der Waals surface area contributed by atoms with Gasteiger partial charge in [-0.25, -0.2) is 13.6 Å². The van der Waals surface area contributed by atoms with Crippen molar-refractivity contribution in [3.63, 3.8) is 0 Å². The van der Waals surface area contributed by atoms with Crippen LogP contribution in [-0.2, 0) is 14.8 Å². The van der Waals surface area contributed by atoms with Gasteiger partial charge in [0.15, 0.2) is 0 Å². The maximum absolute atomic E-state index is 12.0. The van der Waals surface area contributed by atoms with Crippen LogP contribution in [0.1, 0.15) is 6.42 Å². The largest absolute Gasteiger partial charge is 0.495 e. The molecule has 1 amide bonds. The van der Waals surface area contributed by atoms with Crippen molar-refractivity contribution in [1.82, 2.24) is 0 Å². The van der Waals surface area contributed by atoms with Crippen LogP contribution in [0.15, 0.2) is 18.2 Å². The van der Waals surface area contributed by atoms with Gasteiger partial charge in [0.2, 0.25) is 15.9 Å². The van der Waals surface area contributed by atoms with Crippen molar-refractivity contribution in [2.45, 2.75) is 11.7 Å². The van der Waals surface area contributed by atoms with Gasteiger partial charge in [-0.1, -0.05) is 0 Å². The van der Waals surface area contributed by atoms with Crippen molar-refractivity contribution in [2.75, 3.05) is 18.6 Å². The molecule has 2 N–H and O–H groups in total. The molecule has 0 bridgehead atoms. The van der Waals surface area contributed by atoms with Crippen LogP contribution >= 0.6 is 0 Å². The van der Waals surface area contributed by atoms with Gasteiger partial charge in [-0.3, -0.25) is 14.9 Å². The number of amides is 1. The van der Waals surface area contributed by atoms with Gasteiger partial charge < -0.3 is 9.64 Å². The molecule has 1 saturated heterocycles. The fraction of sp³-hybridized carbons (Fsp3) is 0.364. The summed E-state index contributed by atoms with van der Waals surface area (Å²) in [6.45, 7) is -0.158. The van der Waals surface area contributed by atoms with Crippen molar-refractivity contribution >= 4 is 27.3 Å². The number of hydrogen-bond acceptors (Lipinski definition) is 6. The average Bonchev–Trinajstić information content (AvgIpc) is 2.79. The van der Waals surface area contributed by atoms with Crippen LogP contribution in [-0.4, -0.2) is 38.2 Å². The summed E-state index contributed by atoms with van der Waals surface area (Å²) in [6.07, 6.45) is -0.259. The van der Waals surface area contributed by atoms with E-state index in [2.05, 4.69) is 0 Å². The molecule has 1 fully saturated rings. The zero-order valence-electron chi connectivity index (χ0n) is 11.1. The van der Waals surface area contributed by atoms with Crippen molar-refractivity contribution in [3.8, 4) is 5.75 Å². The summed E-state index contributed by atoms with van der Waals surface area (Å²) in [5, 5.41) is 14.8. The molecule has 1 aliphatic heterocycles. The third-order valence-corrected chi connectivity index (χ3v) is 4.46. The Bertz CT molecular complexity index is 702. The number of primary sulfonamides is 1. The molecular weight excluding hydrogens is 302 g/mol. The minimum absolute atomic E-state index is 0.155. The Hall–Kier alpha value is -2.20. The molecule has 1 aromatic rings. The summed E-state index contributed by atoms with van der Waals surface area (Å²) in [5.41, 5.74) is -0.0690. The van der Waals surface area contributed by atoms with E-state index in [1.54, 1.807) is 0 Å². The summed E-state index contributed by atoms with van der Waals surface area (Å²) >= 11 is 0. The molecule has 9 nitrogen and oxygen atoms in total. The van der Waals surface area contributed by atoms with Crippen LogP contribution in [0.5, 0.6) is 5.75 Å². The monoisotopic (exact) mass is 315 g/mol. The molecular formula is C11H13N3O6S. The van der Waals surface area contributed by atoms with Crippen molar-refractivity contribution in [2.24, 2.45) is 5.14 Å². The zero-order valence-corrected chi connectivity index (χ0v) is 11.9. The number of benzene rings is 1. The van der Waals surface area contributed by atoms with Gasteiger partial charge in [-0.15, -0.1) is 0 Å². The number of nitrogens with zero attached hydrogens (tertiary/aromatic N) is 2. The number of nitro benzene ring substituents is 1. The van der Waals surface area contributed by atoms with Crippen molar-refractivity contribution in [3.05, 3.63) is 28.3 Å². The summed E-state index contributed by atoms with van der Waals surface area (Å²) in [4.78, 5) is 23.3. The topological polar surface area (TPSA) is 133 Å². The van der Waals surface area contributed by atoms with E-state index >= 15 is 0 Å². The molecule has 21 heavy (non-hydrogen) atoms. The molecule has 1 aliphatic rings. The number of carbonyl (C=O) groups is 1. The third kappa shape index (κ3) is 2.95. The van der Waals surface area contributed by atoms with Crippen LogP contribution in [0, 0.1) is 10.1 Å². The molecule has 0 aromatic heterocycles. The Balaban J connectivity index is 2.43. The standard InChI is InChI=1S/C11H13N3O6S/c1-20-10-3-2-7(14(16)17)4-9(10)13-6-8(5-11(13)15)21(12,18)19/h2-4,8H,5-6H2,1H3,(H2,12,18,19). The van der Waals surface area contributed by atoms with E-state index in [4.69, 9.17) is 9.88 Å². The highest BCUT2D eigenvalue weighted by Gasteiger charge is 2.38. The maximum Gasteiger partial charge on any atom is 0.271 e. The highest BCUT2D eigenvalue weighted by atomic mass is 32.2. The highest BCUT2D eigenvalue weighted by Crippen LogP contribution is 2.35. The first-order chi connectivity index (χ1) is 9.74. The fourth-order valence-corrected chi connectivity index (χ4v) is 2.86. The normalized spacial score (nSPS) is 18.9. The predicted molar refractivity (Wildman–Crippen MR) is 73.5 cm³/mol. The molecule has 1 atom stereocenters. The summed E-state index contributed by atoms with van der Waals surface area (Å²) in [5.74, 6) is -0.239. The summed E-state index contributed by atoms with van der Waals surface area (Å²) in [7, 11) is -2.51. The lowest BCUT2D eigenvalue weighted by Gasteiger charge is -2.19. The van der Waals surface area contributed by atoms with Crippen LogP contribution < -0.4 is 14.8 Å². The zero-order chi connectivity index (χ0) is 15.8. The first kappa shape index (κ1) is 15.2. The number of sulfonamides is 1. The number of carbonyl (C=O) groups excluding carboxylic acids is 1. The van der Waals surface area contributed by atoms with E-state index in [1.165, 1.54) is 25.3 Å². The average molecular weight is 315 g/mol. The fourth-order valence-electron chi connectivity index (χ4n) is 2.13. The van der Waals surface area contributed by atoms with Gasteiger partial charge in [0, 0.05) is 25.1 Å². The molecule has 1 aromatic carbocycles. The number of anilines is 1. The Labute approximate surface area is 120 Å². The SMILES string of the molecule is COc1ccc([N+](=O)[O-])cc1N1CC(S(N)(=O)=O)CC1=O. The van der Waals surface area contributed by atoms with Gasteiger partial charge >= 0.3 is 0 Å². The number of ether oxygens (including phenoxy) is 1. The quantitative estimate of drug-likeness (QED) is 0.614. The second-order valence-electron chi connectivity index (χ2n) is 4.53. The number of rotatable bonds is 4. The van der Waals surface area contributed by atoms with Gasteiger partial charge in [0.1, 0.15) is 11.0 Å². The van der Waals surface area contributed by atoms with E-state index in [0.717, 1.165) is 4.90 Å². The summed E-state index contributed by atoms with van der Waals surface area (Å²) in [6, 6.07) is 3.76. The van der Waals surface area contributed by atoms with Crippen LogP contribution in [0.4, 0.5) is 11.4 Å². The van der Waals surface area contributed by atoms with Crippen LogP contribution in [0.2, 0.25) is 0 Å². The van der Waals surface area contributed by atoms with Crippen LogP contribution in [0.25, 0.3) is 0 Å². The smallest absolute Gasteiger partial charge is 0.271 e. The van der Waals surface area contributed by atoms with E-state index in [1.807, 2.05) is 0 Å². The molecule has 0 radical (unpaired) electrons. The number of hydrogen-bond donors (Lipinski definition) is 1. The lowest BCUT2D eigenvalue weighted by molar-refractivity contribution is -0.384. The lowest BCUT2D eigenvalue weighted by Crippen LogP contribution is -2.32. The second-order valence-corrected chi connectivity index (χ2v) is 6.38. The Kier molecular flexibility index (Phi) is 3.83. The minimum atomic E-state index is -3.86. The van der Waals surface area contributed by atoms with E-state index in [-0.39, 0.29) is 30.1 Å². The predicted octanol–water partition coefficient (Wildman–Crippen LogP) is -0.00280. The summed E-state index contributed by atoms with van der Waals surface area (Å²) < 4.78 is 27.8. The Morgan fingerprint density at radius 1 is 1.48 bits per heavy atom. The third-order valence-electron chi connectivity index (χ3n) is 3.22. The van der Waals surface area contributed by atoms with Gasteiger partial charge in [0.05, 0.1) is 17.7 Å². The maximum atomic E-state index is 12.0. The van der Waals surface area contributed by atoms with E-state index in [0.29, 0.717) is 0 Å². The molecule has 0 saturated carbocycles. The highest BCUT2D eigenvalue weighted by molar-refractivity contribution is 7.89. The van der Waals surface area contributed by atoms with Crippen LogP contribution in [0.3, 0.4) is 0 Å². The molecule has 1 unspecified atom stereocenters. The molecule has 2 rings (SSSR count). The molecule has 10 heteroatoms. The second kappa shape index (κ2) is 5.30. The Morgan fingerprint density at radius 2 is 2.14 bits per heavy atom. The molecule has 114 valence electrons. The van der Waals surface area contributed by atoms with E-state index in [9.17, 15) is 23.3 Å². The number of non-ortho nitro benzene ring substituents is 1. The Morgan fingerprint density at radius 3 is 2.62 bits per heavy atom. The molecule has 0 aliphatic carbocycles. The van der Waals surface area contributed by atoms with E-state index < -0.39 is 26.1 Å². The first-order valence-electron chi connectivity index (χ1n) is 5.88. The molecule has 0 spiro atoms. The van der Waals surface area contributed by atoms with Gasteiger partial charge in [-0.05, 0) is 6.07 Å². The van der Waals surface area contributed by atoms with Crippen molar-refractivity contribution in [1.29, 1.82) is 0 Å². The first-order valence-corrected chi connectivity index (χ1v) is 7.49. The van der Waals surface area contributed by atoms with Gasteiger partial charge in [-0.2, -0.15) is 0 Å². The number of nitro groups is 1. The van der Waals surface area contributed by atoms with Gasteiger partial charge in [0.25, 0.3) is 5.69 Å². The number of nitrogens with two attached hydrogens (primary N) is 1. The van der Waals surface area contributed by atoms with Crippen molar-refractivity contribution < 1.29 is 22.9 Å². The minimum Gasteiger partial charge on any atom is -0.495 e. The number of methoxy groups -OCH3 is 1. The molecule has 1 heterocycles. The lowest BCUT2D eigenvalue weighted by atomic mass is 10.2.